The minimum atomic E-state index is -0.106. The molecule has 0 fully saturated rings. The van der Waals surface area contributed by atoms with E-state index in [4.69, 9.17) is 16.1 Å². The highest BCUT2D eigenvalue weighted by atomic mass is 35.5. The van der Waals surface area contributed by atoms with E-state index in [1.165, 1.54) is 11.8 Å². The second-order valence-electron chi connectivity index (χ2n) is 6.42. The van der Waals surface area contributed by atoms with Crippen molar-refractivity contribution in [3.63, 3.8) is 0 Å². The summed E-state index contributed by atoms with van der Waals surface area (Å²) in [5.74, 6) is 1.15. The van der Waals surface area contributed by atoms with Crippen molar-refractivity contribution in [2.45, 2.75) is 23.9 Å². The Balaban J connectivity index is 1.59. The highest BCUT2D eigenvalue weighted by molar-refractivity contribution is 7.98. The third-order valence-corrected chi connectivity index (χ3v) is 5.66. The smallest absolute Gasteiger partial charge is 0.262 e. The SMILES string of the molecule is O=c1c2ccccc2nc(SCc2cc(-c3ccc(Cl)cc3)no2)n1CCCO. The number of para-hydroxylation sites is 1. The van der Waals surface area contributed by atoms with Gasteiger partial charge in [-0.3, -0.25) is 9.36 Å². The van der Waals surface area contributed by atoms with Gasteiger partial charge >= 0.3 is 0 Å². The van der Waals surface area contributed by atoms with E-state index in [2.05, 4.69) is 10.1 Å². The molecular formula is C21H18ClN3O3S. The molecule has 0 aliphatic carbocycles. The van der Waals surface area contributed by atoms with Crippen molar-refractivity contribution >= 4 is 34.3 Å². The number of aliphatic hydroxyl groups is 1. The molecule has 4 aromatic rings. The van der Waals surface area contributed by atoms with Crippen LogP contribution in [-0.2, 0) is 12.3 Å². The summed E-state index contributed by atoms with van der Waals surface area (Å²) in [6.07, 6.45) is 0.483. The van der Waals surface area contributed by atoms with Gasteiger partial charge in [0.1, 0.15) is 11.5 Å². The topological polar surface area (TPSA) is 81.2 Å². The molecule has 0 atom stereocenters. The average Bonchev–Trinajstić information content (AvgIpc) is 3.21. The molecule has 0 radical (unpaired) electrons. The molecule has 0 spiro atoms. The van der Waals surface area contributed by atoms with E-state index in [0.29, 0.717) is 45.6 Å². The molecule has 148 valence electrons. The molecule has 0 aliphatic rings. The molecule has 0 unspecified atom stereocenters. The van der Waals surface area contributed by atoms with E-state index < -0.39 is 0 Å². The summed E-state index contributed by atoms with van der Waals surface area (Å²) in [6.45, 7) is 0.415. The van der Waals surface area contributed by atoms with Crippen molar-refractivity contribution in [2.24, 2.45) is 0 Å². The van der Waals surface area contributed by atoms with Gasteiger partial charge in [-0.2, -0.15) is 0 Å². The predicted molar refractivity (Wildman–Crippen MR) is 114 cm³/mol. The number of rotatable bonds is 7. The van der Waals surface area contributed by atoms with Gasteiger partial charge in [0, 0.05) is 29.8 Å². The molecule has 29 heavy (non-hydrogen) atoms. The number of nitrogens with zero attached hydrogens (tertiary/aromatic N) is 3. The third kappa shape index (κ3) is 4.37. The number of halogens is 1. The van der Waals surface area contributed by atoms with Gasteiger partial charge in [0.2, 0.25) is 0 Å². The van der Waals surface area contributed by atoms with Crippen LogP contribution in [0.15, 0.2) is 69.1 Å². The Morgan fingerprint density at radius 1 is 1.14 bits per heavy atom. The number of hydrogen-bond donors (Lipinski definition) is 1. The van der Waals surface area contributed by atoms with Crippen LogP contribution < -0.4 is 5.56 Å². The van der Waals surface area contributed by atoms with Crippen LogP contribution in [0, 0.1) is 0 Å². The Labute approximate surface area is 176 Å². The standard InChI is InChI=1S/C21H18ClN3O3S/c22-15-8-6-14(7-9-15)19-12-16(28-24-19)13-29-21-23-18-5-2-1-4-17(18)20(27)25(21)10-3-11-26/h1-2,4-9,12,26H,3,10-11,13H2. The first-order chi connectivity index (χ1) is 14.2. The lowest BCUT2D eigenvalue weighted by Gasteiger charge is -2.12. The molecule has 0 aliphatic heterocycles. The van der Waals surface area contributed by atoms with Crippen LogP contribution in [0.3, 0.4) is 0 Å². The molecule has 2 heterocycles. The Bertz CT molecular complexity index is 1190. The monoisotopic (exact) mass is 427 g/mol. The fourth-order valence-electron chi connectivity index (χ4n) is 2.96. The van der Waals surface area contributed by atoms with Crippen molar-refractivity contribution in [1.82, 2.24) is 14.7 Å². The van der Waals surface area contributed by atoms with E-state index in [1.54, 1.807) is 22.8 Å². The summed E-state index contributed by atoms with van der Waals surface area (Å²) in [4.78, 5) is 17.5. The third-order valence-electron chi connectivity index (χ3n) is 4.41. The highest BCUT2D eigenvalue weighted by Crippen LogP contribution is 2.26. The average molecular weight is 428 g/mol. The fourth-order valence-corrected chi connectivity index (χ4v) is 3.98. The normalized spacial score (nSPS) is 11.2. The minimum absolute atomic E-state index is 0.00985. The number of benzene rings is 2. The summed E-state index contributed by atoms with van der Waals surface area (Å²) in [7, 11) is 0. The van der Waals surface area contributed by atoms with Crippen LogP contribution in [0.25, 0.3) is 22.2 Å². The number of aromatic nitrogens is 3. The molecule has 2 aromatic carbocycles. The maximum atomic E-state index is 12.9. The van der Waals surface area contributed by atoms with Crippen molar-refractivity contribution in [1.29, 1.82) is 0 Å². The van der Waals surface area contributed by atoms with Crippen molar-refractivity contribution < 1.29 is 9.63 Å². The summed E-state index contributed by atoms with van der Waals surface area (Å²) in [6, 6.07) is 16.5. The predicted octanol–water partition coefficient (Wildman–Crippen LogP) is 4.38. The summed E-state index contributed by atoms with van der Waals surface area (Å²) in [5.41, 5.74) is 2.19. The maximum absolute atomic E-state index is 12.9. The van der Waals surface area contributed by atoms with Gasteiger partial charge in [0.25, 0.3) is 5.56 Å². The van der Waals surface area contributed by atoms with E-state index in [-0.39, 0.29) is 12.2 Å². The van der Waals surface area contributed by atoms with Gasteiger partial charge in [0.15, 0.2) is 5.16 Å². The molecule has 6 nitrogen and oxygen atoms in total. The van der Waals surface area contributed by atoms with Gasteiger partial charge in [-0.05, 0) is 30.7 Å². The molecular weight excluding hydrogens is 410 g/mol. The molecule has 0 saturated carbocycles. The van der Waals surface area contributed by atoms with Crippen LogP contribution in [-0.4, -0.2) is 26.4 Å². The summed E-state index contributed by atoms with van der Waals surface area (Å²) < 4.78 is 7.06. The number of hydrogen-bond acceptors (Lipinski definition) is 6. The zero-order valence-corrected chi connectivity index (χ0v) is 17.0. The fraction of sp³-hybridized carbons (Fsp3) is 0.190. The summed E-state index contributed by atoms with van der Waals surface area (Å²) in [5, 5.41) is 15.1. The number of fused-ring (bicyclic) bond motifs is 1. The Morgan fingerprint density at radius 3 is 2.72 bits per heavy atom. The Kier molecular flexibility index (Phi) is 5.99. The van der Waals surface area contributed by atoms with Crippen molar-refractivity contribution in [3.8, 4) is 11.3 Å². The highest BCUT2D eigenvalue weighted by Gasteiger charge is 2.13. The van der Waals surface area contributed by atoms with E-state index in [1.807, 2.05) is 36.4 Å². The molecule has 2 aromatic heterocycles. The molecule has 4 rings (SSSR count). The lowest BCUT2D eigenvalue weighted by Crippen LogP contribution is -2.24. The van der Waals surface area contributed by atoms with Crippen LogP contribution in [0.4, 0.5) is 0 Å². The Hall–Kier alpha value is -2.61. The number of thioether (sulfide) groups is 1. The van der Waals surface area contributed by atoms with E-state index in [9.17, 15) is 9.90 Å². The first kappa shape index (κ1) is 19.7. The molecule has 0 amide bonds. The number of aliphatic hydroxyl groups excluding tert-OH is 1. The van der Waals surface area contributed by atoms with Crippen molar-refractivity contribution in [2.75, 3.05) is 6.61 Å². The molecule has 1 N–H and O–H groups in total. The van der Waals surface area contributed by atoms with Gasteiger partial charge in [-0.25, -0.2) is 4.98 Å². The van der Waals surface area contributed by atoms with E-state index >= 15 is 0 Å². The Morgan fingerprint density at radius 2 is 1.93 bits per heavy atom. The minimum Gasteiger partial charge on any atom is -0.396 e. The molecule has 0 saturated heterocycles. The first-order valence-electron chi connectivity index (χ1n) is 9.10. The van der Waals surface area contributed by atoms with Crippen LogP contribution in [0.2, 0.25) is 5.02 Å². The molecule has 0 bridgehead atoms. The van der Waals surface area contributed by atoms with Crippen molar-refractivity contribution in [3.05, 3.63) is 75.7 Å². The zero-order chi connectivity index (χ0) is 20.2. The lowest BCUT2D eigenvalue weighted by atomic mass is 10.1. The lowest BCUT2D eigenvalue weighted by molar-refractivity contribution is 0.276. The van der Waals surface area contributed by atoms with Gasteiger partial charge < -0.3 is 9.63 Å². The van der Waals surface area contributed by atoms with Gasteiger partial charge in [-0.15, -0.1) is 0 Å². The maximum Gasteiger partial charge on any atom is 0.262 e. The quantitative estimate of drug-likeness (QED) is 0.348. The largest absolute Gasteiger partial charge is 0.396 e. The van der Waals surface area contributed by atoms with Gasteiger partial charge in [0.05, 0.1) is 16.7 Å². The summed E-state index contributed by atoms with van der Waals surface area (Å²) >= 11 is 7.34. The second-order valence-corrected chi connectivity index (χ2v) is 7.80. The van der Waals surface area contributed by atoms with Crippen LogP contribution in [0.1, 0.15) is 12.2 Å². The van der Waals surface area contributed by atoms with E-state index in [0.717, 1.165) is 11.3 Å². The van der Waals surface area contributed by atoms with Gasteiger partial charge in [-0.1, -0.05) is 52.8 Å². The first-order valence-corrected chi connectivity index (χ1v) is 10.5. The zero-order valence-electron chi connectivity index (χ0n) is 15.4. The van der Waals surface area contributed by atoms with Crippen LogP contribution in [0.5, 0.6) is 0 Å². The van der Waals surface area contributed by atoms with Crippen LogP contribution >= 0.6 is 23.4 Å². The second kappa shape index (κ2) is 8.82. The molecule has 8 heteroatoms.